The maximum absolute atomic E-state index is 13.0. The van der Waals surface area contributed by atoms with E-state index in [0.717, 1.165) is 23.7 Å². The summed E-state index contributed by atoms with van der Waals surface area (Å²) >= 11 is 0. The molecular formula is C17H21FN6O2. The first-order valence-electron chi connectivity index (χ1n) is 8.77. The summed E-state index contributed by atoms with van der Waals surface area (Å²) in [6.45, 7) is 6.25. The number of hydrogen-bond donors (Lipinski definition) is 1. The number of piperazine rings is 1. The van der Waals surface area contributed by atoms with Crippen molar-refractivity contribution in [3.05, 3.63) is 35.2 Å². The number of hydrogen-bond acceptors (Lipinski definition) is 6. The molecule has 4 rings (SSSR count). The quantitative estimate of drug-likeness (QED) is 0.869. The summed E-state index contributed by atoms with van der Waals surface area (Å²) in [6, 6.07) is 0. The third-order valence-electron chi connectivity index (χ3n) is 4.89. The normalized spacial score (nSPS) is 23.0. The van der Waals surface area contributed by atoms with Gasteiger partial charge in [0.25, 0.3) is 5.91 Å². The van der Waals surface area contributed by atoms with E-state index in [4.69, 9.17) is 4.74 Å². The summed E-state index contributed by atoms with van der Waals surface area (Å²) < 4.78 is 18.7. The van der Waals surface area contributed by atoms with Gasteiger partial charge in [0.1, 0.15) is 0 Å². The Kier molecular flexibility index (Phi) is 4.31. The minimum atomic E-state index is -0.460. The molecule has 1 saturated heterocycles. The van der Waals surface area contributed by atoms with Gasteiger partial charge in [-0.3, -0.25) is 9.89 Å². The van der Waals surface area contributed by atoms with Gasteiger partial charge in [0.2, 0.25) is 5.95 Å². The molecule has 1 fully saturated rings. The fraction of sp³-hybridized carbons (Fsp3) is 0.529. The van der Waals surface area contributed by atoms with Gasteiger partial charge < -0.3 is 14.5 Å². The zero-order chi connectivity index (χ0) is 18.3. The number of nitrogens with zero attached hydrogens (tertiary/aromatic N) is 5. The van der Waals surface area contributed by atoms with Crippen LogP contribution in [-0.2, 0) is 11.2 Å². The van der Waals surface area contributed by atoms with Crippen LogP contribution < -0.4 is 4.90 Å². The van der Waals surface area contributed by atoms with Crippen LogP contribution in [-0.4, -0.2) is 63.3 Å². The predicted molar refractivity (Wildman–Crippen MR) is 91.4 cm³/mol. The monoisotopic (exact) mass is 360 g/mol. The molecule has 0 radical (unpaired) electrons. The topological polar surface area (TPSA) is 87.2 Å². The molecule has 2 aromatic heterocycles. The van der Waals surface area contributed by atoms with Crippen molar-refractivity contribution in [2.24, 2.45) is 0 Å². The molecule has 4 heterocycles. The molecule has 26 heavy (non-hydrogen) atoms. The highest BCUT2D eigenvalue weighted by molar-refractivity contribution is 5.94. The number of ether oxygens (including phenoxy) is 1. The number of fused-ring (bicyclic) bond motifs is 1. The van der Waals surface area contributed by atoms with Crippen molar-refractivity contribution >= 4 is 11.9 Å². The molecule has 0 unspecified atom stereocenters. The lowest BCUT2D eigenvalue weighted by molar-refractivity contribution is -0.00702. The Morgan fingerprint density at radius 2 is 1.92 bits per heavy atom. The van der Waals surface area contributed by atoms with E-state index in [0.29, 0.717) is 44.2 Å². The van der Waals surface area contributed by atoms with Gasteiger partial charge in [0, 0.05) is 38.2 Å². The highest BCUT2D eigenvalue weighted by Crippen LogP contribution is 2.30. The van der Waals surface area contributed by atoms with E-state index in [1.165, 1.54) is 0 Å². The first kappa shape index (κ1) is 16.9. The second-order valence-electron chi connectivity index (χ2n) is 6.74. The molecule has 2 aliphatic rings. The van der Waals surface area contributed by atoms with Crippen LogP contribution in [0.5, 0.6) is 0 Å². The Labute approximate surface area is 150 Å². The van der Waals surface area contributed by atoms with Crippen LogP contribution in [0.2, 0.25) is 0 Å². The van der Waals surface area contributed by atoms with E-state index in [1.54, 1.807) is 4.90 Å². The van der Waals surface area contributed by atoms with Crippen LogP contribution in [0.25, 0.3) is 0 Å². The Bertz CT molecular complexity index is 800. The van der Waals surface area contributed by atoms with E-state index >= 15 is 0 Å². The molecule has 0 bridgehead atoms. The van der Waals surface area contributed by atoms with Gasteiger partial charge in [-0.25, -0.2) is 14.4 Å². The number of aromatic amines is 1. The van der Waals surface area contributed by atoms with E-state index in [9.17, 15) is 9.18 Å². The molecule has 1 N–H and O–H groups in total. The zero-order valence-electron chi connectivity index (χ0n) is 14.8. The van der Waals surface area contributed by atoms with Gasteiger partial charge in [0.15, 0.2) is 11.5 Å². The molecule has 9 heteroatoms. The van der Waals surface area contributed by atoms with E-state index in [1.807, 2.05) is 18.7 Å². The Morgan fingerprint density at radius 1 is 1.23 bits per heavy atom. The average molecular weight is 360 g/mol. The molecule has 2 atom stereocenters. The first-order valence-corrected chi connectivity index (χ1v) is 8.77. The van der Waals surface area contributed by atoms with Crippen molar-refractivity contribution in [1.82, 2.24) is 25.1 Å². The summed E-state index contributed by atoms with van der Waals surface area (Å²) in [7, 11) is 0. The van der Waals surface area contributed by atoms with Crippen molar-refractivity contribution in [3.63, 3.8) is 0 Å². The molecular weight excluding hydrogens is 339 g/mol. The highest BCUT2D eigenvalue weighted by Gasteiger charge is 2.32. The van der Waals surface area contributed by atoms with E-state index in [-0.39, 0.29) is 18.1 Å². The maximum atomic E-state index is 13.0. The van der Waals surface area contributed by atoms with Crippen LogP contribution in [0.15, 0.2) is 12.4 Å². The number of nitrogens with one attached hydrogen (secondary N) is 1. The first-order chi connectivity index (χ1) is 12.5. The number of H-pyrrole nitrogens is 1. The van der Waals surface area contributed by atoms with E-state index < -0.39 is 5.82 Å². The number of aromatic nitrogens is 4. The minimum absolute atomic E-state index is 0.0640. The fourth-order valence-corrected chi connectivity index (χ4v) is 3.58. The van der Waals surface area contributed by atoms with Gasteiger partial charge in [-0.2, -0.15) is 5.10 Å². The lowest BCUT2D eigenvalue weighted by Crippen LogP contribution is -2.49. The molecule has 0 saturated carbocycles. The summed E-state index contributed by atoms with van der Waals surface area (Å²) in [5.41, 5.74) is 2.35. The van der Waals surface area contributed by atoms with Crippen LogP contribution in [0, 0.1) is 5.82 Å². The zero-order valence-corrected chi connectivity index (χ0v) is 14.8. The minimum Gasteiger partial charge on any atom is -0.369 e. The van der Waals surface area contributed by atoms with Crippen LogP contribution in [0.3, 0.4) is 0 Å². The Hall–Kier alpha value is -2.55. The van der Waals surface area contributed by atoms with Gasteiger partial charge in [-0.15, -0.1) is 0 Å². The van der Waals surface area contributed by atoms with Crippen LogP contribution >= 0.6 is 0 Å². The average Bonchev–Trinajstić information content (AvgIpc) is 3.06. The van der Waals surface area contributed by atoms with E-state index in [2.05, 4.69) is 20.2 Å². The van der Waals surface area contributed by atoms with Crippen molar-refractivity contribution < 1.29 is 13.9 Å². The number of carbonyl (C=O) groups is 1. The molecule has 1 amide bonds. The largest absolute Gasteiger partial charge is 0.369 e. The van der Waals surface area contributed by atoms with Crippen molar-refractivity contribution in [1.29, 1.82) is 0 Å². The molecule has 0 spiro atoms. The maximum Gasteiger partial charge on any atom is 0.274 e. The number of halogens is 1. The lowest BCUT2D eigenvalue weighted by Gasteiger charge is -2.34. The van der Waals surface area contributed by atoms with Gasteiger partial charge in [-0.05, 0) is 13.8 Å². The third kappa shape index (κ3) is 3.03. The molecule has 8 nitrogen and oxygen atoms in total. The molecule has 2 aromatic rings. The number of rotatable bonds is 2. The van der Waals surface area contributed by atoms with Crippen LogP contribution in [0.1, 0.15) is 41.7 Å². The fourth-order valence-electron chi connectivity index (χ4n) is 3.58. The van der Waals surface area contributed by atoms with Gasteiger partial charge in [0.05, 0.1) is 30.3 Å². The van der Waals surface area contributed by atoms with Crippen LogP contribution in [0.4, 0.5) is 10.3 Å². The molecule has 0 aliphatic carbocycles. The van der Waals surface area contributed by atoms with Crippen molar-refractivity contribution in [2.75, 3.05) is 31.1 Å². The number of amides is 1. The van der Waals surface area contributed by atoms with Crippen molar-refractivity contribution in [3.8, 4) is 0 Å². The third-order valence-corrected chi connectivity index (χ3v) is 4.89. The molecule has 2 aliphatic heterocycles. The number of carbonyl (C=O) groups excluding carboxylic acids is 1. The SMILES string of the molecule is C[C@@H]1Cc2c(C(=O)N3CCN(c4ncc(F)cn4)CC3)n[nH]c2[C@H](C)O1. The summed E-state index contributed by atoms with van der Waals surface area (Å²) in [5.74, 6) is -0.0442. The summed E-state index contributed by atoms with van der Waals surface area (Å²) in [6.07, 6.45) is 2.96. The number of anilines is 1. The lowest BCUT2D eigenvalue weighted by atomic mass is 9.99. The molecule has 138 valence electrons. The summed E-state index contributed by atoms with van der Waals surface area (Å²) in [4.78, 5) is 24.7. The van der Waals surface area contributed by atoms with Gasteiger partial charge >= 0.3 is 0 Å². The van der Waals surface area contributed by atoms with Crippen molar-refractivity contribution in [2.45, 2.75) is 32.5 Å². The second kappa shape index (κ2) is 6.64. The Balaban J connectivity index is 1.45. The smallest absolute Gasteiger partial charge is 0.274 e. The Morgan fingerprint density at radius 3 is 2.62 bits per heavy atom. The second-order valence-corrected chi connectivity index (χ2v) is 6.74. The predicted octanol–water partition coefficient (Wildman–Crippen LogP) is 1.32. The van der Waals surface area contributed by atoms with Gasteiger partial charge in [-0.1, -0.05) is 0 Å². The highest BCUT2D eigenvalue weighted by atomic mass is 19.1. The standard InChI is InChI=1S/C17H21FN6O2/c1-10-7-13-14(11(2)26-10)21-22-15(13)16(25)23-3-5-24(6-4-23)17-19-8-12(18)9-20-17/h8-11H,3-7H2,1-2H3,(H,21,22)/t10-,11+/m1/s1. The summed E-state index contributed by atoms with van der Waals surface area (Å²) in [5, 5.41) is 7.24. The molecule has 0 aromatic carbocycles.